The van der Waals surface area contributed by atoms with Gasteiger partial charge in [-0.25, -0.2) is 0 Å². The summed E-state index contributed by atoms with van der Waals surface area (Å²) in [6.07, 6.45) is 7.08. The van der Waals surface area contributed by atoms with E-state index in [1.807, 2.05) is 18.3 Å². The lowest BCUT2D eigenvalue weighted by atomic mass is 10.2. The SMILES string of the molecule is CN1C=CN(CCc2ccccn2)C1. The van der Waals surface area contributed by atoms with E-state index in [1.54, 1.807) is 0 Å². The van der Waals surface area contributed by atoms with Gasteiger partial charge >= 0.3 is 0 Å². The highest BCUT2D eigenvalue weighted by Crippen LogP contribution is 2.05. The molecule has 0 N–H and O–H groups in total. The number of aromatic nitrogens is 1. The zero-order valence-electron chi connectivity index (χ0n) is 8.43. The van der Waals surface area contributed by atoms with E-state index in [4.69, 9.17) is 0 Å². The van der Waals surface area contributed by atoms with Gasteiger partial charge in [0.15, 0.2) is 0 Å². The van der Waals surface area contributed by atoms with Crippen molar-refractivity contribution in [1.29, 1.82) is 0 Å². The van der Waals surface area contributed by atoms with Crippen molar-refractivity contribution in [2.45, 2.75) is 6.42 Å². The summed E-state index contributed by atoms with van der Waals surface area (Å²) in [7, 11) is 2.08. The van der Waals surface area contributed by atoms with E-state index in [2.05, 4.69) is 40.3 Å². The first-order valence-electron chi connectivity index (χ1n) is 4.87. The maximum atomic E-state index is 4.29. The Labute approximate surface area is 84.7 Å². The summed E-state index contributed by atoms with van der Waals surface area (Å²) in [4.78, 5) is 8.75. The molecule has 14 heavy (non-hydrogen) atoms. The van der Waals surface area contributed by atoms with Crippen molar-refractivity contribution < 1.29 is 0 Å². The molecule has 2 heterocycles. The zero-order chi connectivity index (χ0) is 9.80. The highest BCUT2D eigenvalue weighted by Gasteiger charge is 2.07. The Morgan fingerprint density at radius 1 is 1.36 bits per heavy atom. The van der Waals surface area contributed by atoms with Gasteiger partial charge in [-0.1, -0.05) is 6.07 Å². The molecule has 0 atom stereocenters. The number of nitrogens with zero attached hydrogens (tertiary/aromatic N) is 3. The van der Waals surface area contributed by atoms with Crippen LogP contribution in [0.5, 0.6) is 0 Å². The molecule has 1 aromatic rings. The highest BCUT2D eigenvalue weighted by atomic mass is 15.3. The Bertz CT molecular complexity index is 308. The van der Waals surface area contributed by atoms with Gasteiger partial charge in [0, 0.05) is 44.3 Å². The molecule has 3 heteroatoms. The van der Waals surface area contributed by atoms with Gasteiger partial charge in [0.25, 0.3) is 0 Å². The molecule has 0 fully saturated rings. The second-order valence-corrected chi connectivity index (χ2v) is 3.58. The van der Waals surface area contributed by atoms with Crippen molar-refractivity contribution in [2.24, 2.45) is 0 Å². The van der Waals surface area contributed by atoms with Crippen molar-refractivity contribution in [2.75, 3.05) is 20.3 Å². The van der Waals surface area contributed by atoms with E-state index in [0.29, 0.717) is 0 Å². The fourth-order valence-electron chi connectivity index (χ4n) is 1.54. The molecule has 1 aromatic heterocycles. The van der Waals surface area contributed by atoms with Crippen LogP contribution >= 0.6 is 0 Å². The van der Waals surface area contributed by atoms with E-state index in [9.17, 15) is 0 Å². The quantitative estimate of drug-likeness (QED) is 0.714. The van der Waals surface area contributed by atoms with Crippen molar-refractivity contribution in [3.05, 3.63) is 42.5 Å². The van der Waals surface area contributed by atoms with Crippen LogP contribution in [-0.2, 0) is 6.42 Å². The largest absolute Gasteiger partial charge is 0.362 e. The molecule has 74 valence electrons. The summed E-state index contributed by atoms with van der Waals surface area (Å²) in [6.45, 7) is 2.03. The summed E-state index contributed by atoms with van der Waals surface area (Å²) >= 11 is 0. The molecule has 2 rings (SSSR count). The molecule has 0 saturated heterocycles. The summed E-state index contributed by atoms with van der Waals surface area (Å²) in [6, 6.07) is 6.06. The van der Waals surface area contributed by atoms with Crippen LogP contribution in [-0.4, -0.2) is 35.0 Å². The Morgan fingerprint density at radius 2 is 2.29 bits per heavy atom. The molecule has 3 nitrogen and oxygen atoms in total. The van der Waals surface area contributed by atoms with Crippen LogP contribution in [0.3, 0.4) is 0 Å². The Morgan fingerprint density at radius 3 is 2.93 bits per heavy atom. The van der Waals surface area contributed by atoms with Gasteiger partial charge in [-0.15, -0.1) is 0 Å². The van der Waals surface area contributed by atoms with Crippen molar-refractivity contribution in [3.8, 4) is 0 Å². The van der Waals surface area contributed by atoms with E-state index in [-0.39, 0.29) is 0 Å². The second kappa shape index (κ2) is 4.13. The summed E-state index contributed by atoms with van der Waals surface area (Å²) < 4.78 is 0. The van der Waals surface area contributed by atoms with E-state index >= 15 is 0 Å². The smallest absolute Gasteiger partial charge is 0.0890 e. The Balaban J connectivity index is 1.81. The van der Waals surface area contributed by atoms with Crippen LogP contribution in [0.25, 0.3) is 0 Å². The van der Waals surface area contributed by atoms with Gasteiger partial charge < -0.3 is 9.80 Å². The van der Waals surface area contributed by atoms with Crippen LogP contribution in [0.15, 0.2) is 36.8 Å². The molecule has 0 bridgehead atoms. The zero-order valence-corrected chi connectivity index (χ0v) is 8.43. The van der Waals surface area contributed by atoms with Gasteiger partial charge in [0.05, 0.1) is 6.67 Å². The first kappa shape index (κ1) is 9.06. The second-order valence-electron chi connectivity index (χ2n) is 3.58. The Kier molecular flexibility index (Phi) is 2.68. The minimum absolute atomic E-state index is 0.993. The van der Waals surface area contributed by atoms with Crippen molar-refractivity contribution >= 4 is 0 Å². The summed E-state index contributed by atoms with van der Waals surface area (Å²) in [5, 5.41) is 0. The lowest BCUT2D eigenvalue weighted by Gasteiger charge is -2.17. The maximum absolute atomic E-state index is 4.29. The predicted octanol–water partition coefficient (Wildman–Crippen LogP) is 1.30. The third kappa shape index (κ3) is 2.25. The van der Waals surface area contributed by atoms with E-state index < -0.39 is 0 Å². The van der Waals surface area contributed by atoms with E-state index in [0.717, 1.165) is 25.3 Å². The van der Waals surface area contributed by atoms with E-state index in [1.165, 1.54) is 0 Å². The molecule has 0 aromatic carbocycles. The average Bonchev–Trinajstić information content (AvgIpc) is 2.63. The molecule has 0 unspecified atom stereocenters. The number of hydrogen-bond acceptors (Lipinski definition) is 3. The highest BCUT2D eigenvalue weighted by molar-refractivity contribution is 5.04. The van der Waals surface area contributed by atoms with Gasteiger partial charge in [0.1, 0.15) is 0 Å². The van der Waals surface area contributed by atoms with Crippen LogP contribution in [0, 0.1) is 0 Å². The van der Waals surface area contributed by atoms with Crippen LogP contribution in [0.2, 0.25) is 0 Å². The van der Waals surface area contributed by atoms with Crippen LogP contribution in [0.4, 0.5) is 0 Å². The van der Waals surface area contributed by atoms with Gasteiger partial charge in [0.2, 0.25) is 0 Å². The molecular formula is C11H15N3. The molecular weight excluding hydrogens is 174 g/mol. The minimum atomic E-state index is 0.993. The first-order chi connectivity index (χ1) is 6.84. The van der Waals surface area contributed by atoms with Gasteiger partial charge in [-0.05, 0) is 12.1 Å². The normalized spacial score (nSPS) is 15.2. The van der Waals surface area contributed by atoms with Crippen molar-refractivity contribution in [3.63, 3.8) is 0 Å². The van der Waals surface area contributed by atoms with Gasteiger partial charge in [-0.2, -0.15) is 0 Å². The molecule has 0 spiro atoms. The fourth-order valence-corrected chi connectivity index (χ4v) is 1.54. The summed E-state index contributed by atoms with van der Waals surface area (Å²) in [5.41, 5.74) is 1.16. The first-order valence-corrected chi connectivity index (χ1v) is 4.87. The minimum Gasteiger partial charge on any atom is -0.362 e. The third-order valence-electron chi connectivity index (χ3n) is 2.32. The number of pyridine rings is 1. The topological polar surface area (TPSA) is 19.4 Å². The molecule has 0 saturated carbocycles. The fraction of sp³-hybridized carbons (Fsp3) is 0.364. The third-order valence-corrected chi connectivity index (χ3v) is 2.32. The predicted molar refractivity (Wildman–Crippen MR) is 56.4 cm³/mol. The molecule has 1 aliphatic heterocycles. The average molecular weight is 189 g/mol. The molecule has 0 amide bonds. The monoisotopic (exact) mass is 189 g/mol. The lowest BCUT2D eigenvalue weighted by molar-refractivity contribution is 0.298. The number of hydrogen-bond donors (Lipinski definition) is 0. The van der Waals surface area contributed by atoms with Crippen molar-refractivity contribution in [1.82, 2.24) is 14.8 Å². The maximum Gasteiger partial charge on any atom is 0.0890 e. The lowest BCUT2D eigenvalue weighted by Crippen LogP contribution is -2.24. The molecule has 0 aliphatic carbocycles. The Hall–Kier alpha value is -1.51. The van der Waals surface area contributed by atoms with Gasteiger partial charge in [-0.3, -0.25) is 4.98 Å². The van der Waals surface area contributed by atoms with Crippen LogP contribution < -0.4 is 0 Å². The standard InChI is InChI=1S/C11H15N3/c1-13-8-9-14(10-13)7-5-11-4-2-3-6-12-11/h2-4,6,8-9H,5,7,10H2,1H3. The summed E-state index contributed by atoms with van der Waals surface area (Å²) in [5.74, 6) is 0. The molecule has 1 aliphatic rings. The molecule has 0 radical (unpaired) electrons. The van der Waals surface area contributed by atoms with Crippen LogP contribution in [0.1, 0.15) is 5.69 Å². The number of rotatable bonds is 3.